The molecule has 0 N–H and O–H groups in total. The predicted octanol–water partition coefficient (Wildman–Crippen LogP) is 4.21. The Bertz CT molecular complexity index is 831. The Morgan fingerprint density at radius 2 is 1.88 bits per heavy atom. The molecule has 1 aromatic heterocycles. The molecular weight excluding hydrogens is 344 g/mol. The SMILES string of the molecule is Cc1cc2c(cc1Cl)C1(CCN(C)CC1)C[C@@H]2C(C)(C)c1ncnn1C. The number of aryl methyl sites for hydroxylation is 2. The summed E-state index contributed by atoms with van der Waals surface area (Å²) >= 11 is 6.57. The average Bonchev–Trinajstić information content (AvgIpc) is 3.15. The molecular formula is C21H29ClN4. The van der Waals surface area contributed by atoms with E-state index >= 15 is 0 Å². The minimum Gasteiger partial charge on any atom is -0.306 e. The summed E-state index contributed by atoms with van der Waals surface area (Å²) in [5, 5.41) is 5.24. The van der Waals surface area contributed by atoms with Gasteiger partial charge in [-0.1, -0.05) is 31.5 Å². The normalized spacial score (nSPS) is 22.8. The van der Waals surface area contributed by atoms with Crippen molar-refractivity contribution in [1.82, 2.24) is 19.7 Å². The molecule has 1 spiro atoms. The molecule has 1 saturated heterocycles. The van der Waals surface area contributed by atoms with Crippen LogP contribution in [0.4, 0.5) is 0 Å². The fourth-order valence-corrected chi connectivity index (χ4v) is 5.43. The minimum atomic E-state index is -0.0763. The van der Waals surface area contributed by atoms with Crippen LogP contribution in [0.1, 0.15) is 61.5 Å². The van der Waals surface area contributed by atoms with Crippen LogP contribution in [0.3, 0.4) is 0 Å². The summed E-state index contributed by atoms with van der Waals surface area (Å²) in [7, 11) is 4.23. The zero-order valence-corrected chi connectivity index (χ0v) is 17.3. The maximum absolute atomic E-state index is 6.57. The number of nitrogens with zero attached hydrogens (tertiary/aromatic N) is 4. The summed E-state index contributed by atoms with van der Waals surface area (Å²) in [6.45, 7) is 9.07. The minimum absolute atomic E-state index is 0.0763. The lowest BCUT2D eigenvalue weighted by Gasteiger charge is -2.40. The van der Waals surface area contributed by atoms with Gasteiger partial charge in [0.15, 0.2) is 0 Å². The Kier molecular flexibility index (Phi) is 4.20. The zero-order valence-electron chi connectivity index (χ0n) is 16.5. The number of piperidine rings is 1. The van der Waals surface area contributed by atoms with Crippen molar-refractivity contribution in [3.63, 3.8) is 0 Å². The van der Waals surface area contributed by atoms with E-state index in [0.717, 1.165) is 23.9 Å². The van der Waals surface area contributed by atoms with Crippen molar-refractivity contribution in [2.75, 3.05) is 20.1 Å². The van der Waals surface area contributed by atoms with Crippen LogP contribution in [-0.4, -0.2) is 39.8 Å². The largest absolute Gasteiger partial charge is 0.306 e. The van der Waals surface area contributed by atoms with E-state index in [2.05, 4.69) is 54.9 Å². The summed E-state index contributed by atoms with van der Waals surface area (Å²) in [6, 6.07) is 4.61. The molecule has 26 heavy (non-hydrogen) atoms. The molecule has 1 aliphatic carbocycles. The van der Waals surface area contributed by atoms with E-state index in [1.54, 1.807) is 6.33 Å². The molecule has 0 amide bonds. The van der Waals surface area contributed by atoms with Gasteiger partial charge in [0.2, 0.25) is 0 Å². The van der Waals surface area contributed by atoms with Gasteiger partial charge in [-0.3, -0.25) is 4.68 Å². The van der Waals surface area contributed by atoms with Crippen LogP contribution in [0.15, 0.2) is 18.5 Å². The van der Waals surface area contributed by atoms with Crippen molar-refractivity contribution >= 4 is 11.6 Å². The Morgan fingerprint density at radius 1 is 1.19 bits per heavy atom. The Labute approximate surface area is 161 Å². The lowest BCUT2D eigenvalue weighted by Crippen LogP contribution is -2.40. The van der Waals surface area contributed by atoms with Gasteiger partial charge in [0.25, 0.3) is 0 Å². The van der Waals surface area contributed by atoms with Crippen molar-refractivity contribution < 1.29 is 0 Å². The molecule has 0 bridgehead atoms. The number of rotatable bonds is 2. The van der Waals surface area contributed by atoms with Gasteiger partial charge in [-0.15, -0.1) is 0 Å². The van der Waals surface area contributed by atoms with Crippen LogP contribution in [0, 0.1) is 6.92 Å². The summed E-state index contributed by atoms with van der Waals surface area (Å²) in [4.78, 5) is 7.05. The van der Waals surface area contributed by atoms with Crippen LogP contribution in [-0.2, 0) is 17.9 Å². The monoisotopic (exact) mass is 372 g/mol. The van der Waals surface area contributed by atoms with E-state index in [1.807, 2.05) is 11.7 Å². The molecule has 2 heterocycles. The van der Waals surface area contributed by atoms with Crippen molar-refractivity contribution in [3.05, 3.63) is 46.0 Å². The molecule has 1 fully saturated rings. The topological polar surface area (TPSA) is 34.0 Å². The summed E-state index contributed by atoms with van der Waals surface area (Å²) < 4.78 is 1.93. The molecule has 0 radical (unpaired) electrons. The van der Waals surface area contributed by atoms with Crippen molar-refractivity contribution in [3.8, 4) is 0 Å². The Hall–Kier alpha value is -1.39. The van der Waals surface area contributed by atoms with E-state index in [1.165, 1.54) is 36.0 Å². The molecule has 1 atom stereocenters. The Morgan fingerprint density at radius 3 is 2.50 bits per heavy atom. The fraction of sp³-hybridized carbons (Fsp3) is 0.619. The smallest absolute Gasteiger partial charge is 0.138 e. The van der Waals surface area contributed by atoms with Crippen molar-refractivity contribution in [2.24, 2.45) is 7.05 Å². The highest BCUT2D eigenvalue weighted by molar-refractivity contribution is 6.31. The third-order valence-electron chi connectivity index (χ3n) is 6.98. The summed E-state index contributed by atoms with van der Waals surface area (Å²) in [5.74, 6) is 1.49. The van der Waals surface area contributed by atoms with Crippen molar-refractivity contribution in [2.45, 2.75) is 56.8 Å². The molecule has 2 aliphatic rings. The summed E-state index contributed by atoms with van der Waals surface area (Å²) in [5.41, 5.74) is 4.31. The van der Waals surface area contributed by atoms with Gasteiger partial charge in [-0.05, 0) is 80.4 Å². The van der Waals surface area contributed by atoms with Gasteiger partial charge in [-0.2, -0.15) is 5.10 Å². The molecule has 1 aliphatic heterocycles. The second-order valence-electron chi connectivity index (χ2n) is 8.96. The highest BCUT2D eigenvalue weighted by Crippen LogP contribution is 2.57. The predicted molar refractivity (Wildman–Crippen MR) is 106 cm³/mol. The van der Waals surface area contributed by atoms with Gasteiger partial charge in [0.1, 0.15) is 12.2 Å². The number of fused-ring (bicyclic) bond motifs is 2. The van der Waals surface area contributed by atoms with Crippen molar-refractivity contribution in [1.29, 1.82) is 0 Å². The molecule has 0 unspecified atom stereocenters. The number of likely N-dealkylation sites (tertiary alicyclic amines) is 1. The van der Waals surface area contributed by atoms with E-state index in [-0.39, 0.29) is 10.8 Å². The lowest BCUT2D eigenvalue weighted by atomic mass is 9.69. The molecule has 4 rings (SSSR count). The first kappa shape index (κ1) is 18.0. The van der Waals surface area contributed by atoms with Crippen LogP contribution in [0.5, 0.6) is 0 Å². The van der Waals surface area contributed by atoms with E-state index in [9.17, 15) is 0 Å². The van der Waals surface area contributed by atoms with Gasteiger partial charge < -0.3 is 4.90 Å². The lowest BCUT2D eigenvalue weighted by molar-refractivity contribution is 0.173. The van der Waals surface area contributed by atoms with Gasteiger partial charge in [0.05, 0.1) is 0 Å². The van der Waals surface area contributed by atoms with Crippen LogP contribution >= 0.6 is 11.6 Å². The molecule has 5 heteroatoms. The van der Waals surface area contributed by atoms with Crippen LogP contribution in [0.2, 0.25) is 5.02 Å². The molecule has 0 saturated carbocycles. The van der Waals surface area contributed by atoms with Gasteiger partial charge >= 0.3 is 0 Å². The first-order valence-electron chi connectivity index (χ1n) is 9.58. The first-order valence-corrected chi connectivity index (χ1v) is 9.96. The van der Waals surface area contributed by atoms with Crippen LogP contribution in [0.25, 0.3) is 0 Å². The molecule has 2 aromatic rings. The van der Waals surface area contributed by atoms with E-state index in [4.69, 9.17) is 11.6 Å². The second-order valence-corrected chi connectivity index (χ2v) is 9.37. The standard InChI is InChI=1S/C21H29ClN4/c1-14-10-15-16(11-18(14)22)21(6-8-25(4)9-7-21)12-17(15)20(2,3)19-23-13-24-26(19)5/h10-11,13,17H,6-9,12H2,1-5H3/t17-/m0/s1. The third-order valence-corrected chi connectivity index (χ3v) is 7.38. The number of hydrogen-bond acceptors (Lipinski definition) is 3. The maximum atomic E-state index is 6.57. The number of halogens is 1. The quantitative estimate of drug-likeness (QED) is 0.792. The Balaban J connectivity index is 1.84. The van der Waals surface area contributed by atoms with E-state index in [0.29, 0.717) is 5.92 Å². The average molecular weight is 373 g/mol. The maximum Gasteiger partial charge on any atom is 0.138 e. The summed E-state index contributed by atoms with van der Waals surface area (Å²) in [6.07, 6.45) is 5.27. The second kappa shape index (κ2) is 6.07. The third kappa shape index (κ3) is 2.61. The molecule has 1 aromatic carbocycles. The number of aromatic nitrogens is 3. The first-order chi connectivity index (χ1) is 12.2. The highest BCUT2D eigenvalue weighted by atomic mass is 35.5. The fourth-order valence-electron chi connectivity index (χ4n) is 5.26. The van der Waals surface area contributed by atoms with E-state index < -0.39 is 0 Å². The molecule has 140 valence electrons. The number of hydrogen-bond donors (Lipinski definition) is 0. The van der Waals surface area contributed by atoms with Gasteiger partial charge in [-0.25, -0.2) is 4.98 Å². The highest BCUT2D eigenvalue weighted by Gasteiger charge is 2.51. The van der Waals surface area contributed by atoms with Gasteiger partial charge in [0, 0.05) is 17.5 Å². The number of benzene rings is 1. The zero-order chi connectivity index (χ0) is 18.7. The molecule has 4 nitrogen and oxygen atoms in total. The van der Waals surface area contributed by atoms with Crippen LogP contribution < -0.4 is 0 Å².